The van der Waals surface area contributed by atoms with E-state index >= 15 is 0 Å². The first kappa shape index (κ1) is 16.8. The van der Waals surface area contributed by atoms with E-state index in [9.17, 15) is 0 Å². The van der Waals surface area contributed by atoms with Crippen molar-refractivity contribution in [1.82, 2.24) is 10.6 Å². The summed E-state index contributed by atoms with van der Waals surface area (Å²) in [4.78, 5) is 0. The molecule has 2 aromatic carbocycles. The Labute approximate surface area is 150 Å². The summed E-state index contributed by atoms with van der Waals surface area (Å²) in [7, 11) is 0. The fourth-order valence-corrected chi connectivity index (χ4v) is 3.47. The second-order valence-electron chi connectivity index (χ2n) is 5.75. The first-order valence-electron chi connectivity index (χ1n) is 7.80. The number of benzene rings is 2. The first-order chi connectivity index (χ1) is 11.2. The molecule has 1 saturated heterocycles. The number of hydrogen-bond donors (Lipinski definition) is 2. The lowest BCUT2D eigenvalue weighted by Gasteiger charge is -2.13. The van der Waals surface area contributed by atoms with Gasteiger partial charge in [0.15, 0.2) is 0 Å². The van der Waals surface area contributed by atoms with Crippen molar-refractivity contribution in [2.45, 2.75) is 25.6 Å². The van der Waals surface area contributed by atoms with Crippen molar-refractivity contribution < 1.29 is 4.74 Å². The molecular weight excluding hydrogens is 376 g/mol. The first-order valence-corrected chi connectivity index (χ1v) is 8.97. The monoisotopic (exact) mass is 394 g/mol. The van der Waals surface area contributed by atoms with E-state index in [0.29, 0.717) is 17.7 Å². The van der Waals surface area contributed by atoms with Gasteiger partial charge < -0.3 is 15.4 Å². The van der Waals surface area contributed by atoms with Crippen molar-refractivity contribution in [2.75, 3.05) is 13.1 Å². The molecule has 3 rings (SSSR count). The molecular formula is C18H20BrClN2O. The van der Waals surface area contributed by atoms with E-state index in [1.165, 1.54) is 12.0 Å². The maximum Gasteiger partial charge on any atom is 0.134 e. The molecule has 0 spiro atoms. The third-order valence-corrected chi connectivity index (χ3v) is 4.79. The van der Waals surface area contributed by atoms with Crippen LogP contribution in [0, 0.1) is 0 Å². The van der Waals surface area contributed by atoms with Crippen LogP contribution in [0.5, 0.6) is 5.75 Å². The topological polar surface area (TPSA) is 33.3 Å². The van der Waals surface area contributed by atoms with Crippen molar-refractivity contribution >= 4 is 27.5 Å². The molecule has 2 aromatic rings. The Kier molecular flexibility index (Phi) is 5.95. The molecule has 1 unspecified atom stereocenters. The number of halogens is 2. The van der Waals surface area contributed by atoms with Crippen LogP contribution in [-0.2, 0) is 13.2 Å². The predicted molar refractivity (Wildman–Crippen MR) is 98.0 cm³/mol. The summed E-state index contributed by atoms with van der Waals surface area (Å²) in [6.07, 6.45) is 1.20. The molecule has 1 fully saturated rings. The van der Waals surface area contributed by atoms with Crippen LogP contribution in [0.3, 0.4) is 0 Å². The summed E-state index contributed by atoms with van der Waals surface area (Å²) < 4.78 is 6.75. The maximum atomic E-state index is 5.95. The Morgan fingerprint density at radius 1 is 1.22 bits per heavy atom. The fourth-order valence-electron chi connectivity index (χ4n) is 2.67. The van der Waals surface area contributed by atoms with Crippen LogP contribution < -0.4 is 15.4 Å². The lowest BCUT2D eigenvalue weighted by Crippen LogP contribution is -2.30. The van der Waals surface area contributed by atoms with E-state index in [-0.39, 0.29) is 0 Å². The van der Waals surface area contributed by atoms with Crippen LogP contribution in [0.1, 0.15) is 17.5 Å². The summed E-state index contributed by atoms with van der Waals surface area (Å²) in [5.41, 5.74) is 2.45. The molecule has 0 aliphatic carbocycles. The van der Waals surface area contributed by atoms with Gasteiger partial charge in [0.1, 0.15) is 12.4 Å². The van der Waals surface area contributed by atoms with Gasteiger partial charge in [-0.1, -0.05) is 35.9 Å². The van der Waals surface area contributed by atoms with Crippen LogP contribution in [0.25, 0.3) is 0 Å². The molecule has 2 N–H and O–H groups in total. The summed E-state index contributed by atoms with van der Waals surface area (Å²) in [6, 6.07) is 14.6. The molecule has 5 heteroatoms. The van der Waals surface area contributed by atoms with Crippen molar-refractivity contribution in [3.8, 4) is 5.75 Å². The van der Waals surface area contributed by atoms with Gasteiger partial charge >= 0.3 is 0 Å². The van der Waals surface area contributed by atoms with Gasteiger partial charge in [-0.2, -0.15) is 0 Å². The van der Waals surface area contributed by atoms with Gasteiger partial charge in [0, 0.05) is 24.2 Å². The molecule has 23 heavy (non-hydrogen) atoms. The minimum atomic E-state index is 0.541. The summed E-state index contributed by atoms with van der Waals surface area (Å²) in [5, 5.41) is 7.65. The predicted octanol–water partition coefficient (Wildman–Crippen LogP) is 4.13. The Morgan fingerprint density at radius 3 is 2.87 bits per heavy atom. The molecule has 0 saturated carbocycles. The van der Waals surface area contributed by atoms with Gasteiger partial charge in [0.2, 0.25) is 0 Å². The molecule has 3 nitrogen and oxygen atoms in total. The highest BCUT2D eigenvalue weighted by Crippen LogP contribution is 2.28. The average Bonchev–Trinajstić information content (AvgIpc) is 3.06. The zero-order chi connectivity index (χ0) is 16.1. The van der Waals surface area contributed by atoms with Crippen molar-refractivity contribution in [3.63, 3.8) is 0 Å². The highest BCUT2D eigenvalue weighted by Gasteiger charge is 2.13. The Bertz CT molecular complexity index is 659. The second-order valence-corrected chi connectivity index (χ2v) is 7.04. The molecule has 0 aromatic heterocycles. The van der Waals surface area contributed by atoms with E-state index in [4.69, 9.17) is 16.3 Å². The van der Waals surface area contributed by atoms with Gasteiger partial charge in [-0.15, -0.1) is 0 Å². The summed E-state index contributed by atoms with van der Waals surface area (Å²) in [5.74, 6) is 0.801. The van der Waals surface area contributed by atoms with Gasteiger partial charge in [-0.25, -0.2) is 0 Å². The Balaban J connectivity index is 1.56. The molecule has 0 amide bonds. The van der Waals surface area contributed by atoms with Crippen LogP contribution in [0.2, 0.25) is 5.02 Å². The van der Waals surface area contributed by atoms with Gasteiger partial charge in [0.05, 0.1) is 4.47 Å². The smallest absolute Gasteiger partial charge is 0.134 e. The van der Waals surface area contributed by atoms with E-state index in [2.05, 4.69) is 50.8 Å². The zero-order valence-corrected chi connectivity index (χ0v) is 15.2. The number of ether oxygens (including phenoxy) is 1. The third-order valence-electron chi connectivity index (χ3n) is 3.93. The largest absolute Gasteiger partial charge is 0.488 e. The van der Waals surface area contributed by atoms with E-state index in [1.54, 1.807) is 0 Å². The molecule has 1 aliphatic heterocycles. The average molecular weight is 396 g/mol. The minimum absolute atomic E-state index is 0.541. The van der Waals surface area contributed by atoms with Crippen LogP contribution in [-0.4, -0.2) is 19.1 Å². The van der Waals surface area contributed by atoms with Crippen LogP contribution in [0.15, 0.2) is 46.9 Å². The fraction of sp³-hybridized carbons (Fsp3) is 0.333. The molecule has 0 bridgehead atoms. The van der Waals surface area contributed by atoms with Gasteiger partial charge in [0.25, 0.3) is 0 Å². The van der Waals surface area contributed by atoms with E-state index in [0.717, 1.165) is 35.4 Å². The van der Waals surface area contributed by atoms with Crippen LogP contribution in [0.4, 0.5) is 0 Å². The second kappa shape index (κ2) is 8.15. The Hall–Kier alpha value is -1.07. The molecule has 122 valence electrons. The minimum Gasteiger partial charge on any atom is -0.488 e. The van der Waals surface area contributed by atoms with E-state index < -0.39 is 0 Å². The number of rotatable bonds is 6. The summed E-state index contributed by atoms with van der Waals surface area (Å²) in [6.45, 7) is 3.61. The highest BCUT2D eigenvalue weighted by atomic mass is 79.9. The zero-order valence-electron chi connectivity index (χ0n) is 12.8. The van der Waals surface area contributed by atoms with Gasteiger partial charge in [-0.3, -0.25) is 0 Å². The van der Waals surface area contributed by atoms with Gasteiger partial charge in [-0.05, 0) is 58.2 Å². The quantitative estimate of drug-likeness (QED) is 0.771. The Morgan fingerprint density at radius 2 is 2.09 bits per heavy atom. The molecule has 0 radical (unpaired) electrons. The molecule has 1 atom stereocenters. The van der Waals surface area contributed by atoms with Crippen LogP contribution >= 0.6 is 27.5 Å². The van der Waals surface area contributed by atoms with Crippen molar-refractivity contribution in [1.29, 1.82) is 0 Å². The summed E-state index contributed by atoms with van der Waals surface area (Å²) >= 11 is 9.42. The highest BCUT2D eigenvalue weighted by molar-refractivity contribution is 9.10. The molecule has 1 aliphatic rings. The standard InChI is InChI=1S/C18H20BrClN2O/c19-17-9-15(20)4-5-18(17)23-12-14-3-1-2-13(8-14)10-22-16-6-7-21-11-16/h1-5,8-9,16,21-22H,6-7,10-12H2. The molecule has 1 heterocycles. The van der Waals surface area contributed by atoms with Crippen molar-refractivity contribution in [3.05, 3.63) is 63.1 Å². The lowest BCUT2D eigenvalue weighted by molar-refractivity contribution is 0.304. The van der Waals surface area contributed by atoms with Crippen molar-refractivity contribution in [2.24, 2.45) is 0 Å². The maximum absolute atomic E-state index is 5.95. The normalized spacial score (nSPS) is 17.4. The number of hydrogen-bond acceptors (Lipinski definition) is 3. The third kappa shape index (κ3) is 4.95. The lowest BCUT2D eigenvalue weighted by atomic mass is 10.1. The van der Waals surface area contributed by atoms with E-state index in [1.807, 2.05) is 18.2 Å². The number of nitrogens with one attached hydrogen (secondary N) is 2. The SMILES string of the molecule is Clc1ccc(OCc2cccc(CNC3CCNC3)c2)c(Br)c1.